The van der Waals surface area contributed by atoms with Crippen molar-refractivity contribution in [2.45, 2.75) is 26.3 Å². The number of carbonyl (C=O) groups is 1. The molecule has 2 aromatic heterocycles. The lowest BCUT2D eigenvalue weighted by molar-refractivity contribution is 0.0933. The number of nitrogens with one attached hydrogen (secondary N) is 2. The first kappa shape index (κ1) is 20.1. The number of rotatable bonds is 6. The summed E-state index contributed by atoms with van der Waals surface area (Å²) in [5.74, 6) is 0.572. The van der Waals surface area contributed by atoms with Crippen LogP contribution in [0.25, 0.3) is 16.9 Å². The van der Waals surface area contributed by atoms with Crippen LogP contribution >= 0.6 is 15.9 Å². The molecule has 0 aliphatic carbocycles. The second-order valence-electron chi connectivity index (χ2n) is 7.01. The fourth-order valence-electron chi connectivity index (χ4n) is 3.35. The monoisotopic (exact) mass is 463 g/mol. The van der Waals surface area contributed by atoms with Crippen LogP contribution < -0.4 is 5.32 Å². The van der Waals surface area contributed by atoms with Gasteiger partial charge in [0, 0.05) is 4.47 Å². The van der Waals surface area contributed by atoms with Crippen LogP contribution in [0.5, 0.6) is 0 Å². The molecule has 0 aliphatic heterocycles. The maximum absolute atomic E-state index is 13.0. The van der Waals surface area contributed by atoms with Gasteiger partial charge < -0.3 is 10.3 Å². The molecule has 2 N–H and O–H groups in total. The third kappa shape index (κ3) is 4.07. The number of nitrogens with zero attached hydrogens (tertiary/aromatic N) is 3. The van der Waals surface area contributed by atoms with Crippen LogP contribution in [0, 0.1) is 6.92 Å². The first-order chi connectivity index (χ1) is 14.6. The maximum atomic E-state index is 13.0. The Morgan fingerprint density at radius 2 is 1.87 bits per heavy atom. The van der Waals surface area contributed by atoms with E-state index in [9.17, 15) is 4.79 Å². The van der Waals surface area contributed by atoms with Crippen molar-refractivity contribution in [1.29, 1.82) is 0 Å². The largest absolute Gasteiger partial charge is 0.342 e. The first-order valence-corrected chi connectivity index (χ1v) is 10.6. The summed E-state index contributed by atoms with van der Waals surface area (Å²) in [5, 5.41) is 7.49. The molecule has 0 radical (unpaired) electrons. The van der Waals surface area contributed by atoms with Gasteiger partial charge in [0.05, 0.1) is 41.1 Å². The minimum Gasteiger partial charge on any atom is -0.342 e. The summed E-state index contributed by atoms with van der Waals surface area (Å²) >= 11 is 3.44. The molecule has 0 saturated carbocycles. The Hall–Kier alpha value is -3.19. The van der Waals surface area contributed by atoms with Crippen LogP contribution in [0.2, 0.25) is 0 Å². The molecule has 0 bridgehead atoms. The molecule has 4 rings (SSSR count). The van der Waals surface area contributed by atoms with E-state index in [4.69, 9.17) is 0 Å². The van der Waals surface area contributed by atoms with E-state index >= 15 is 0 Å². The normalized spacial score (nSPS) is 12.0. The van der Waals surface area contributed by atoms with Crippen molar-refractivity contribution in [2.24, 2.45) is 0 Å². The van der Waals surface area contributed by atoms with Gasteiger partial charge in [-0.3, -0.25) is 4.79 Å². The highest BCUT2D eigenvalue weighted by Crippen LogP contribution is 2.22. The van der Waals surface area contributed by atoms with E-state index in [2.05, 4.69) is 36.3 Å². The molecule has 1 unspecified atom stereocenters. The fraction of sp³-hybridized carbons (Fsp3) is 0.174. The molecular weight excluding hydrogens is 442 g/mol. The lowest BCUT2D eigenvalue weighted by Crippen LogP contribution is -2.29. The topological polar surface area (TPSA) is 75.6 Å². The van der Waals surface area contributed by atoms with Crippen molar-refractivity contribution in [3.05, 3.63) is 88.5 Å². The highest BCUT2D eigenvalue weighted by atomic mass is 79.9. The highest BCUT2D eigenvalue weighted by molar-refractivity contribution is 9.10. The number of hydrogen-bond donors (Lipinski definition) is 2. The molecule has 2 aromatic carbocycles. The maximum Gasteiger partial charge on any atom is 0.255 e. The molecule has 0 aliphatic rings. The van der Waals surface area contributed by atoms with E-state index < -0.39 is 0 Å². The van der Waals surface area contributed by atoms with E-state index in [0.29, 0.717) is 12.0 Å². The predicted molar refractivity (Wildman–Crippen MR) is 121 cm³/mol. The van der Waals surface area contributed by atoms with Crippen molar-refractivity contribution >= 4 is 21.8 Å². The smallest absolute Gasteiger partial charge is 0.255 e. The molecule has 0 saturated heterocycles. The minimum absolute atomic E-state index is 0.166. The van der Waals surface area contributed by atoms with Gasteiger partial charge in [0.2, 0.25) is 0 Å². The Bertz CT molecular complexity index is 1150. The Morgan fingerprint density at radius 1 is 1.13 bits per heavy atom. The van der Waals surface area contributed by atoms with Crippen molar-refractivity contribution in [1.82, 2.24) is 25.1 Å². The summed E-state index contributed by atoms with van der Waals surface area (Å²) in [7, 11) is 0. The predicted octanol–water partition coefficient (Wildman–Crippen LogP) is 5.21. The van der Waals surface area contributed by atoms with Crippen LogP contribution in [0.15, 0.2) is 71.5 Å². The summed E-state index contributed by atoms with van der Waals surface area (Å²) < 4.78 is 2.76. The van der Waals surface area contributed by atoms with E-state index in [1.165, 1.54) is 0 Å². The van der Waals surface area contributed by atoms with E-state index in [0.717, 1.165) is 32.9 Å². The van der Waals surface area contributed by atoms with Crippen molar-refractivity contribution in [3.8, 4) is 16.9 Å². The zero-order valence-electron chi connectivity index (χ0n) is 16.8. The lowest BCUT2D eigenvalue weighted by Gasteiger charge is -2.14. The van der Waals surface area contributed by atoms with E-state index in [1.807, 2.05) is 68.4 Å². The number of hydrogen-bond acceptors (Lipinski definition) is 3. The molecule has 0 spiro atoms. The number of aromatic nitrogens is 4. The van der Waals surface area contributed by atoms with Gasteiger partial charge in [0.25, 0.3) is 5.91 Å². The number of halogens is 1. The van der Waals surface area contributed by atoms with Crippen LogP contribution in [0.1, 0.15) is 41.3 Å². The van der Waals surface area contributed by atoms with Gasteiger partial charge in [-0.2, -0.15) is 5.10 Å². The number of H-pyrrole nitrogens is 1. The Morgan fingerprint density at radius 3 is 2.57 bits per heavy atom. The fourth-order valence-corrected chi connectivity index (χ4v) is 3.62. The molecule has 4 aromatic rings. The van der Waals surface area contributed by atoms with E-state index in [1.54, 1.807) is 17.1 Å². The van der Waals surface area contributed by atoms with Gasteiger partial charge in [-0.05, 0) is 43.2 Å². The summed E-state index contributed by atoms with van der Waals surface area (Å²) in [5.41, 5.74) is 4.22. The van der Waals surface area contributed by atoms with Crippen molar-refractivity contribution in [3.63, 3.8) is 0 Å². The Kier molecular flexibility index (Phi) is 5.81. The highest BCUT2D eigenvalue weighted by Gasteiger charge is 2.21. The van der Waals surface area contributed by atoms with Gasteiger partial charge >= 0.3 is 0 Å². The number of carbonyl (C=O) groups excluding carboxylic acids is 1. The van der Waals surface area contributed by atoms with Crippen LogP contribution in [-0.2, 0) is 0 Å². The van der Waals surface area contributed by atoms with Crippen molar-refractivity contribution in [2.75, 3.05) is 0 Å². The van der Waals surface area contributed by atoms with Gasteiger partial charge in [-0.1, -0.05) is 53.2 Å². The lowest BCUT2D eigenvalue weighted by atomic mass is 10.1. The molecule has 7 heteroatoms. The molecule has 30 heavy (non-hydrogen) atoms. The minimum atomic E-state index is -0.217. The summed E-state index contributed by atoms with van der Waals surface area (Å²) in [6, 6.07) is 17.6. The number of amides is 1. The second kappa shape index (κ2) is 8.67. The molecule has 1 amide bonds. The molecule has 0 fully saturated rings. The zero-order chi connectivity index (χ0) is 21.1. The summed E-state index contributed by atoms with van der Waals surface area (Å²) in [6.07, 6.45) is 4.13. The van der Waals surface area contributed by atoms with Crippen LogP contribution in [0.4, 0.5) is 0 Å². The third-order valence-corrected chi connectivity index (χ3v) is 5.58. The van der Waals surface area contributed by atoms with Crippen LogP contribution in [0.3, 0.4) is 0 Å². The molecule has 152 valence electrons. The zero-order valence-corrected chi connectivity index (χ0v) is 18.3. The number of benzene rings is 2. The molecular formula is C23H22BrN5O. The number of aromatic amines is 1. The van der Waals surface area contributed by atoms with Gasteiger partial charge in [0.15, 0.2) is 0 Å². The van der Waals surface area contributed by atoms with Crippen LogP contribution in [-0.4, -0.2) is 25.7 Å². The summed E-state index contributed by atoms with van der Waals surface area (Å²) in [6.45, 7) is 3.92. The van der Waals surface area contributed by atoms with Gasteiger partial charge in [-0.15, -0.1) is 0 Å². The van der Waals surface area contributed by atoms with Gasteiger partial charge in [0.1, 0.15) is 5.82 Å². The molecule has 6 nitrogen and oxygen atoms in total. The average Bonchev–Trinajstić information content (AvgIpc) is 3.40. The Labute approximate surface area is 183 Å². The van der Waals surface area contributed by atoms with E-state index in [-0.39, 0.29) is 11.9 Å². The first-order valence-electron chi connectivity index (χ1n) is 9.78. The second-order valence-corrected chi connectivity index (χ2v) is 7.93. The SMILES string of the molecule is CCC(NC(=O)c1cnn(-c2ccc(Br)cc2)c1C)c1ncc(-c2ccccc2)[nH]1. The number of imidazole rings is 1. The Balaban J connectivity index is 1.53. The quantitative estimate of drug-likeness (QED) is 0.411. The van der Waals surface area contributed by atoms with Crippen molar-refractivity contribution < 1.29 is 4.79 Å². The molecule has 1 atom stereocenters. The standard InChI is InChI=1S/C23H22BrN5O/c1-3-20(22-25-14-21(27-22)16-7-5-4-6-8-16)28-23(30)19-13-26-29(15(19)2)18-11-9-17(24)10-12-18/h4-14,20H,3H2,1-2H3,(H,25,27)(H,28,30). The third-order valence-electron chi connectivity index (χ3n) is 5.05. The average molecular weight is 464 g/mol. The van der Waals surface area contributed by atoms with Gasteiger partial charge in [-0.25, -0.2) is 9.67 Å². The summed E-state index contributed by atoms with van der Waals surface area (Å²) in [4.78, 5) is 20.8. The molecule has 2 heterocycles.